The Morgan fingerprint density at radius 1 is 1.58 bits per heavy atom. The van der Waals surface area contributed by atoms with Crippen molar-refractivity contribution in [1.82, 2.24) is 0 Å². The summed E-state index contributed by atoms with van der Waals surface area (Å²) in [5.41, 5.74) is 5.72. The van der Waals surface area contributed by atoms with E-state index in [1.54, 1.807) is 18.9 Å². The standard InChI is InChI=1S/C8H19NO2S/c1-7(3-4-10)12-6-8(9)5-11-2/h7-8,10H,3-6,9H2,1-2H3. The Hall–Kier alpha value is 0.230. The average Bonchev–Trinajstić information content (AvgIpc) is 2.02. The summed E-state index contributed by atoms with van der Waals surface area (Å²) in [6, 6.07) is 0.112. The van der Waals surface area contributed by atoms with Crippen LogP contribution >= 0.6 is 11.8 Å². The molecule has 0 aromatic carbocycles. The van der Waals surface area contributed by atoms with Gasteiger partial charge in [0.15, 0.2) is 0 Å². The first-order chi connectivity index (χ1) is 5.70. The fourth-order valence-electron chi connectivity index (χ4n) is 0.815. The minimum absolute atomic E-state index is 0.112. The molecule has 74 valence electrons. The fraction of sp³-hybridized carbons (Fsp3) is 1.00. The second kappa shape index (κ2) is 7.86. The maximum Gasteiger partial charge on any atom is 0.0621 e. The largest absolute Gasteiger partial charge is 0.396 e. The first kappa shape index (κ1) is 12.2. The van der Waals surface area contributed by atoms with Gasteiger partial charge >= 0.3 is 0 Å². The van der Waals surface area contributed by atoms with E-state index in [-0.39, 0.29) is 12.6 Å². The molecule has 0 bridgehead atoms. The molecule has 0 fully saturated rings. The van der Waals surface area contributed by atoms with Crippen molar-refractivity contribution in [3.8, 4) is 0 Å². The minimum atomic E-state index is 0.112. The van der Waals surface area contributed by atoms with Crippen molar-refractivity contribution < 1.29 is 9.84 Å². The Bertz CT molecular complexity index is 91.1. The molecule has 0 rings (SSSR count). The zero-order chi connectivity index (χ0) is 9.40. The van der Waals surface area contributed by atoms with Gasteiger partial charge in [-0.1, -0.05) is 6.92 Å². The predicted octanol–water partition coefficient (Wildman–Crippen LogP) is 0.464. The maximum absolute atomic E-state index is 8.64. The first-order valence-corrected chi connectivity index (χ1v) is 5.22. The summed E-state index contributed by atoms with van der Waals surface area (Å²) in [7, 11) is 1.65. The predicted molar refractivity (Wildman–Crippen MR) is 53.5 cm³/mol. The van der Waals surface area contributed by atoms with Crippen molar-refractivity contribution in [2.75, 3.05) is 26.1 Å². The summed E-state index contributed by atoms with van der Waals surface area (Å²) >= 11 is 1.78. The van der Waals surface area contributed by atoms with Gasteiger partial charge in [-0.3, -0.25) is 0 Å². The number of ether oxygens (including phenoxy) is 1. The van der Waals surface area contributed by atoms with Crippen molar-refractivity contribution in [2.24, 2.45) is 5.73 Å². The molecule has 0 aromatic heterocycles. The van der Waals surface area contributed by atoms with Gasteiger partial charge in [0.2, 0.25) is 0 Å². The molecule has 2 atom stereocenters. The Kier molecular flexibility index (Phi) is 8.01. The highest BCUT2D eigenvalue weighted by atomic mass is 32.2. The lowest BCUT2D eigenvalue weighted by molar-refractivity contribution is 0.186. The molecule has 0 saturated carbocycles. The molecule has 0 saturated heterocycles. The van der Waals surface area contributed by atoms with E-state index in [1.807, 2.05) is 0 Å². The quantitative estimate of drug-likeness (QED) is 0.617. The van der Waals surface area contributed by atoms with E-state index in [1.165, 1.54) is 0 Å². The topological polar surface area (TPSA) is 55.5 Å². The summed E-state index contributed by atoms with van der Waals surface area (Å²) in [6.45, 7) is 2.97. The Balaban J connectivity index is 3.27. The molecular weight excluding hydrogens is 174 g/mol. The molecule has 0 amide bonds. The van der Waals surface area contributed by atoms with Crippen LogP contribution in [0.15, 0.2) is 0 Å². The van der Waals surface area contributed by atoms with Gasteiger partial charge in [-0.25, -0.2) is 0 Å². The van der Waals surface area contributed by atoms with E-state index < -0.39 is 0 Å². The number of aliphatic hydroxyl groups is 1. The summed E-state index contributed by atoms with van der Waals surface area (Å²) in [4.78, 5) is 0. The third kappa shape index (κ3) is 6.91. The minimum Gasteiger partial charge on any atom is -0.396 e. The van der Waals surface area contributed by atoms with Gasteiger partial charge in [0.25, 0.3) is 0 Å². The molecule has 0 aliphatic heterocycles. The van der Waals surface area contributed by atoms with Crippen LogP contribution in [-0.2, 0) is 4.74 Å². The van der Waals surface area contributed by atoms with Crippen LogP contribution in [0.1, 0.15) is 13.3 Å². The zero-order valence-electron chi connectivity index (χ0n) is 7.82. The third-order valence-corrected chi connectivity index (χ3v) is 2.94. The summed E-state index contributed by atoms with van der Waals surface area (Å²) in [5.74, 6) is 0.898. The van der Waals surface area contributed by atoms with E-state index in [4.69, 9.17) is 15.6 Å². The SMILES string of the molecule is COCC(N)CSC(C)CCO. The molecule has 2 unspecified atom stereocenters. The highest BCUT2D eigenvalue weighted by molar-refractivity contribution is 7.99. The maximum atomic E-state index is 8.64. The van der Waals surface area contributed by atoms with Gasteiger partial charge in [-0.05, 0) is 6.42 Å². The van der Waals surface area contributed by atoms with Crippen molar-refractivity contribution >= 4 is 11.8 Å². The number of nitrogens with two attached hydrogens (primary N) is 1. The van der Waals surface area contributed by atoms with Crippen LogP contribution in [0.5, 0.6) is 0 Å². The summed E-state index contributed by atoms with van der Waals surface area (Å²) in [5, 5.41) is 9.12. The van der Waals surface area contributed by atoms with Gasteiger partial charge in [-0.2, -0.15) is 11.8 Å². The van der Waals surface area contributed by atoms with Crippen LogP contribution in [0.4, 0.5) is 0 Å². The smallest absolute Gasteiger partial charge is 0.0621 e. The molecule has 0 radical (unpaired) electrons. The Morgan fingerprint density at radius 2 is 2.25 bits per heavy atom. The molecule has 4 heteroatoms. The fourth-order valence-corrected chi connectivity index (χ4v) is 1.76. The lowest BCUT2D eigenvalue weighted by Gasteiger charge is -2.13. The highest BCUT2D eigenvalue weighted by Gasteiger charge is 2.06. The molecule has 12 heavy (non-hydrogen) atoms. The van der Waals surface area contributed by atoms with E-state index in [0.717, 1.165) is 12.2 Å². The first-order valence-electron chi connectivity index (χ1n) is 4.17. The monoisotopic (exact) mass is 193 g/mol. The van der Waals surface area contributed by atoms with Crippen LogP contribution in [0.25, 0.3) is 0 Å². The molecular formula is C8H19NO2S. The second-order valence-corrected chi connectivity index (χ2v) is 4.34. The molecule has 0 aliphatic rings. The molecule has 3 nitrogen and oxygen atoms in total. The van der Waals surface area contributed by atoms with Crippen molar-refractivity contribution in [2.45, 2.75) is 24.6 Å². The van der Waals surface area contributed by atoms with E-state index in [2.05, 4.69) is 6.92 Å². The number of thioether (sulfide) groups is 1. The number of methoxy groups -OCH3 is 1. The summed E-state index contributed by atoms with van der Waals surface area (Å²) < 4.78 is 4.91. The molecule has 0 aliphatic carbocycles. The van der Waals surface area contributed by atoms with Gasteiger partial charge in [0, 0.05) is 30.8 Å². The highest BCUT2D eigenvalue weighted by Crippen LogP contribution is 2.13. The molecule has 0 spiro atoms. The van der Waals surface area contributed by atoms with Crippen LogP contribution in [0, 0.1) is 0 Å². The lowest BCUT2D eigenvalue weighted by Crippen LogP contribution is -2.29. The van der Waals surface area contributed by atoms with Crippen LogP contribution in [-0.4, -0.2) is 42.5 Å². The van der Waals surface area contributed by atoms with Crippen LogP contribution < -0.4 is 5.73 Å². The van der Waals surface area contributed by atoms with Crippen molar-refractivity contribution in [1.29, 1.82) is 0 Å². The van der Waals surface area contributed by atoms with E-state index in [0.29, 0.717) is 11.9 Å². The third-order valence-electron chi connectivity index (χ3n) is 1.51. The van der Waals surface area contributed by atoms with E-state index in [9.17, 15) is 0 Å². The van der Waals surface area contributed by atoms with E-state index >= 15 is 0 Å². The van der Waals surface area contributed by atoms with Gasteiger partial charge in [0.05, 0.1) is 6.61 Å². The van der Waals surface area contributed by atoms with Gasteiger partial charge in [-0.15, -0.1) is 0 Å². The number of rotatable bonds is 7. The molecule has 3 N–H and O–H groups in total. The Labute approximate surface area is 78.7 Å². The zero-order valence-corrected chi connectivity index (χ0v) is 8.64. The summed E-state index contributed by atoms with van der Waals surface area (Å²) in [6.07, 6.45) is 0.838. The van der Waals surface area contributed by atoms with Gasteiger partial charge < -0.3 is 15.6 Å². The lowest BCUT2D eigenvalue weighted by atomic mass is 10.3. The van der Waals surface area contributed by atoms with Crippen LogP contribution in [0.3, 0.4) is 0 Å². The second-order valence-electron chi connectivity index (χ2n) is 2.87. The van der Waals surface area contributed by atoms with Gasteiger partial charge in [0.1, 0.15) is 0 Å². The number of hydrogen-bond donors (Lipinski definition) is 2. The molecule has 0 heterocycles. The Morgan fingerprint density at radius 3 is 2.75 bits per heavy atom. The number of hydrogen-bond acceptors (Lipinski definition) is 4. The molecule has 0 aromatic rings. The van der Waals surface area contributed by atoms with Crippen molar-refractivity contribution in [3.05, 3.63) is 0 Å². The van der Waals surface area contributed by atoms with Crippen molar-refractivity contribution in [3.63, 3.8) is 0 Å². The normalized spacial score (nSPS) is 16.0. The average molecular weight is 193 g/mol. The van der Waals surface area contributed by atoms with Crippen LogP contribution in [0.2, 0.25) is 0 Å². The number of aliphatic hydroxyl groups excluding tert-OH is 1.